The van der Waals surface area contributed by atoms with Crippen LogP contribution in [-0.4, -0.2) is 28.8 Å². The van der Waals surface area contributed by atoms with Crippen molar-refractivity contribution in [3.63, 3.8) is 0 Å². The predicted octanol–water partition coefficient (Wildman–Crippen LogP) is 3.20. The third kappa shape index (κ3) is 3.25. The monoisotopic (exact) mass is 393 g/mol. The number of aryl methyl sites for hydroxylation is 1. The molecular formula is C20H15N3O4S. The average Bonchev–Trinajstić information content (AvgIpc) is 3.13. The van der Waals surface area contributed by atoms with Gasteiger partial charge in [0.25, 0.3) is 10.0 Å². The van der Waals surface area contributed by atoms with E-state index in [4.69, 9.17) is 4.74 Å². The zero-order valence-electron chi connectivity index (χ0n) is 14.8. The first-order valence-electron chi connectivity index (χ1n) is 8.40. The van der Waals surface area contributed by atoms with Crippen molar-refractivity contribution in [2.45, 2.75) is 11.8 Å². The van der Waals surface area contributed by atoms with E-state index in [1.807, 2.05) is 13.0 Å². The van der Waals surface area contributed by atoms with Crippen LogP contribution in [0.5, 0.6) is 5.75 Å². The quantitative estimate of drug-likeness (QED) is 0.391. The number of carbonyl (C=O) groups excluding carboxylic acids is 1. The highest BCUT2D eigenvalue weighted by atomic mass is 32.2. The molecule has 0 bridgehead atoms. The van der Waals surface area contributed by atoms with E-state index in [-0.39, 0.29) is 21.5 Å². The summed E-state index contributed by atoms with van der Waals surface area (Å²) in [5.74, 6) is -0.151. The number of benzene rings is 3. The van der Waals surface area contributed by atoms with E-state index in [1.165, 1.54) is 30.3 Å². The molecule has 0 amide bonds. The first-order chi connectivity index (χ1) is 13.4. The predicted molar refractivity (Wildman–Crippen MR) is 103 cm³/mol. The molecule has 0 fully saturated rings. The van der Waals surface area contributed by atoms with E-state index in [9.17, 15) is 13.2 Å². The van der Waals surface area contributed by atoms with Crippen LogP contribution in [0.2, 0.25) is 0 Å². The number of nitrogens with zero attached hydrogens (tertiary/aromatic N) is 3. The summed E-state index contributed by atoms with van der Waals surface area (Å²) in [6, 6.07) is 19.6. The lowest BCUT2D eigenvalue weighted by Gasteiger charge is -2.06. The molecule has 1 heterocycles. The molecule has 0 N–H and O–H groups in total. The molecule has 0 aliphatic carbocycles. The fourth-order valence-electron chi connectivity index (χ4n) is 2.67. The van der Waals surface area contributed by atoms with Gasteiger partial charge in [-0.15, -0.1) is 9.19 Å². The van der Waals surface area contributed by atoms with Crippen LogP contribution in [0.15, 0.2) is 77.7 Å². The van der Waals surface area contributed by atoms with Crippen molar-refractivity contribution >= 4 is 27.0 Å². The number of para-hydroxylation sites is 1. The van der Waals surface area contributed by atoms with Gasteiger partial charge in [-0.2, -0.15) is 8.42 Å². The molecule has 0 saturated heterocycles. The highest BCUT2D eigenvalue weighted by molar-refractivity contribution is 7.90. The number of ether oxygens (including phenoxy) is 1. The summed E-state index contributed by atoms with van der Waals surface area (Å²) in [7, 11) is -3.89. The van der Waals surface area contributed by atoms with Gasteiger partial charge in [0.1, 0.15) is 16.8 Å². The molecule has 0 unspecified atom stereocenters. The minimum Gasteiger partial charge on any atom is -0.423 e. The Labute approximate surface area is 161 Å². The van der Waals surface area contributed by atoms with Crippen LogP contribution >= 0.6 is 0 Å². The molecule has 0 atom stereocenters. The summed E-state index contributed by atoms with van der Waals surface area (Å²) in [6.07, 6.45) is 0. The Bertz CT molecular complexity index is 1260. The van der Waals surface area contributed by atoms with Crippen LogP contribution in [-0.2, 0) is 10.0 Å². The van der Waals surface area contributed by atoms with E-state index >= 15 is 0 Å². The molecule has 0 aliphatic rings. The molecule has 0 saturated carbocycles. The molecule has 7 nitrogen and oxygen atoms in total. The van der Waals surface area contributed by atoms with Gasteiger partial charge in [-0.05, 0) is 49.4 Å². The van der Waals surface area contributed by atoms with E-state index in [2.05, 4.69) is 10.3 Å². The molecule has 4 aromatic rings. The molecular weight excluding hydrogens is 378 g/mol. The summed E-state index contributed by atoms with van der Waals surface area (Å²) in [6.45, 7) is 1.87. The summed E-state index contributed by atoms with van der Waals surface area (Å²) in [5.41, 5.74) is 1.75. The van der Waals surface area contributed by atoms with Crippen LogP contribution in [0, 0.1) is 6.92 Å². The molecule has 140 valence electrons. The van der Waals surface area contributed by atoms with Crippen molar-refractivity contribution in [1.82, 2.24) is 14.4 Å². The van der Waals surface area contributed by atoms with Gasteiger partial charge in [-0.3, -0.25) is 0 Å². The first kappa shape index (κ1) is 17.9. The molecule has 0 aliphatic heterocycles. The maximum atomic E-state index is 12.8. The Hall–Kier alpha value is -3.52. The van der Waals surface area contributed by atoms with E-state index in [1.54, 1.807) is 36.4 Å². The van der Waals surface area contributed by atoms with Crippen molar-refractivity contribution in [3.8, 4) is 5.75 Å². The minimum atomic E-state index is -3.89. The highest BCUT2D eigenvalue weighted by Crippen LogP contribution is 2.21. The zero-order chi connectivity index (χ0) is 19.7. The fraction of sp³-hybridized carbons (Fsp3) is 0.0500. The third-order valence-corrected chi connectivity index (χ3v) is 5.74. The molecule has 0 radical (unpaired) electrons. The van der Waals surface area contributed by atoms with Crippen LogP contribution in [0.4, 0.5) is 0 Å². The van der Waals surface area contributed by atoms with Crippen molar-refractivity contribution in [3.05, 3.63) is 83.9 Å². The molecule has 0 spiro atoms. The van der Waals surface area contributed by atoms with Gasteiger partial charge in [0, 0.05) is 0 Å². The number of hydrogen-bond acceptors (Lipinski definition) is 6. The maximum absolute atomic E-state index is 12.8. The van der Waals surface area contributed by atoms with Gasteiger partial charge in [0.15, 0.2) is 0 Å². The second kappa shape index (κ2) is 6.90. The summed E-state index contributed by atoms with van der Waals surface area (Å²) >= 11 is 0. The lowest BCUT2D eigenvalue weighted by atomic mass is 10.2. The van der Waals surface area contributed by atoms with Gasteiger partial charge >= 0.3 is 5.97 Å². The van der Waals surface area contributed by atoms with Crippen molar-refractivity contribution < 1.29 is 17.9 Å². The van der Waals surface area contributed by atoms with Crippen LogP contribution < -0.4 is 4.74 Å². The number of esters is 1. The molecule has 4 rings (SSSR count). The molecule has 1 aromatic heterocycles. The van der Waals surface area contributed by atoms with E-state index in [0.717, 1.165) is 9.65 Å². The number of aromatic nitrogens is 3. The number of rotatable bonds is 4. The summed E-state index contributed by atoms with van der Waals surface area (Å²) in [5, 5.41) is 7.68. The highest BCUT2D eigenvalue weighted by Gasteiger charge is 2.22. The number of fused-ring (bicyclic) bond motifs is 1. The Morgan fingerprint density at radius 1 is 0.964 bits per heavy atom. The maximum Gasteiger partial charge on any atom is 0.343 e. The SMILES string of the molecule is Cc1ccc(S(=O)(=O)n2nnc3cc(C(=O)Oc4ccccc4)ccc32)cc1. The lowest BCUT2D eigenvalue weighted by Crippen LogP contribution is -2.14. The summed E-state index contributed by atoms with van der Waals surface area (Å²) in [4.78, 5) is 12.4. The van der Waals surface area contributed by atoms with Gasteiger partial charge in [-0.1, -0.05) is 41.1 Å². The van der Waals surface area contributed by atoms with Crippen molar-refractivity contribution in [2.24, 2.45) is 0 Å². The van der Waals surface area contributed by atoms with Crippen molar-refractivity contribution in [1.29, 1.82) is 0 Å². The average molecular weight is 393 g/mol. The van der Waals surface area contributed by atoms with Crippen LogP contribution in [0.1, 0.15) is 15.9 Å². The summed E-state index contributed by atoms with van der Waals surface area (Å²) < 4.78 is 31.9. The third-order valence-electron chi connectivity index (χ3n) is 4.15. The van der Waals surface area contributed by atoms with Gasteiger partial charge in [-0.25, -0.2) is 4.79 Å². The second-order valence-corrected chi connectivity index (χ2v) is 7.92. The largest absolute Gasteiger partial charge is 0.423 e. The molecule has 8 heteroatoms. The van der Waals surface area contributed by atoms with Crippen molar-refractivity contribution in [2.75, 3.05) is 0 Å². The Morgan fingerprint density at radius 3 is 2.39 bits per heavy atom. The molecule has 28 heavy (non-hydrogen) atoms. The topological polar surface area (TPSA) is 91.1 Å². The van der Waals surface area contributed by atoms with Gasteiger partial charge in [0.2, 0.25) is 0 Å². The van der Waals surface area contributed by atoms with E-state index < -0.39 is 16.0 Å². The first-order valence-corrected chi connectivity index (χ1v) is 9.84. The Morgan fingerprint density at radius 2 is 1.68 bits per heavy atom. The lowest BCUT2D eigenvalue weighted by molar-refractivity contribution is 0.0735. The van der Waals surface area contributed by atoms with Gasteiger partial charge < -0.3 is 4.74 Å². The Kier molecular flexibility index (Phi) is 4.40. The van der Waals surface area contributed by atoms with E-state index in [0.29, 0.717) is 5.75 Å². The Balaban J connectivity index is 1.68. The smallest absolute Gasteiger partial charge is 0.343 e. The van der Waals surface area contributed by atoms with Crippen LogP contribution in [0.25, 0.3) is 11.0 Å². The fourth-order valence-corrected chi connectivity index (χ4v) is 3.90. The second-order valence-electron chi connectivity index (χ2n) is 6.16. The standard InChI is InChI=1S/C20H15N3O4S/c1-14-7-10-17(11-8-14)28(25,26)23-19-12-9-15(13-18(19)21-22-23)20(24)27-16-5-3-2-4-6-16/h2-13H,1H3. The van der Waals surface area contributed by atoms with Gasteiger partial charge in [0.05, 0.1) is 10.5 Å². The van der Waals surface area contributed by atoms with Crippen LogP contribution in [0.3, 0.4) is 0 Å². The molecule has 3 aromatic carbocycles. The minimum absolute atomic E-state index is 0.109. The number of carbonyl (C=O) groups is 1. The normalized spacial score (nSPS) is 11.5. The zero-order valence-corrected chi connectivity index (χ0v) is 15.6. The number of hydrogen-bond donors (Lipinski definition) is 0.